The van der Waals surface area contributed by atoms with E-state index < -0.39 is 0 Å². The molecule has 0 amide bonds. The molecule has 6 heteroatoms. The van der Waals surface area contributed by atoms with E-state index in [0.717, 1.165) is 37.7 Å². The largest absolute Gasteiger partial charge is 0.368 e. The lowest BCUT2D eigenvalue weighted by atomic mass is 10.1. The topological polar surface area (TPSA) is 57.2 Å². The van der Waals surface area contributed by atoms with Crippen molar-refractivity contribution in [2.24, 2.45) is 0 Å². The lowest BCUT2D eigenvalue weighted by molar-refractivity contribution is 0.644. The Hall–Kier alpha value is -3.15. The predicted octanol–water partition coefficient (Wildman–Crippen LogP) is 3.87. The van der Waals surface area contributed by atoms with Gasteiger partial charge in [-0.15, -0.1) is 5.10 Å². The van der Waals surface area contributed by atoms with Gasteiger partial charge in [-0.1, -0.05) is 30.3 Å². The minimum Gasteiger partial charge on any atom is -0.368 e. The van der Waals surface area contributed by atoms with Crippen LogP contribution in [0, 0.1) is 20.8 Å². The summed E-state index contributed by atoms with van der Waals surface area (Å²) in [7, 11) is 0. The summed E-state index contributed by atoms with van der Waals surface area (Å²) in [6, 6.07) is 14.9. The lowest BCUT2D eigenvalue weighted by Crippen LogP contribution is -2.47. The number of piperazine rings is 1. The van der Waals surface area contributed by atoms with Crippen LogP contribution >= 0.6 is 0 Å². The molecule has 0 saturated carbocycles. The fourth-order valence-electron chi connectivity index (χ4n) is 3.64. The highest BCUT2D eigenvalue weighted by Gasteiger charge is 2.19. The maximum Gasteiger partial charge on any atom is 0.249 e. The molecule has 1 aromatic heterocycles. The first kappa shape index (κ1) is 18.2. The second kappa shape index (κ2) is 7.84. The van der Waals surface area contributed by atoms with Gasteiger partial charge in [0.2, 0.25) is 5.95 Å². The predicted molar refractivity (Wildman–Crippen MR) is 115 cm³/mol. The number of hydrogen-bond acceptors (Lipinski definition) is 6. The maximum absolute atomic E-state index is 4.71. The molecule has 28 heavy (non-hydrogen) atoms. The van der Waals surface area contributed by atoms with E-state index in [-0.39, 0.29) is 0 Å². The molecule has 0 bridgehead atoms. The molecule has 1 saturated heterocycles. The molecule has 0 spiro atoms. The minimum atomic E-state index is 0.538. The fraction of sp³-hybridized carbons (Fsp3) is 0.318. The monoisotopic (exact) mass is 374 g/mol. The number of hydrogen-bond donors (Lipinski definition) is 1. The molecule has 6 nitrogen and oxygen atoms in total. The van der Waals surface area contributed by atoms with Crippen molar-refractivity contribution >= 4 is 23.1 Å². The van der Waals surface area contributed by atoms with Crippen LogP contribution in [0.5, 0.6) is 0 Å². The summed E-state index contributed by atoms with van der Waals surface area (Å²) in [5.74, 6) is 1.41. The average molecular weight is 374 g/mol. The number of anilines is 4. The van der Waals surface area contributed by atoms with Crippen molar-refractivity contribution in [3.63, 3.8) is 0 Å². The molecule has 1 aliphatic heterocycles. The first-order valence-corrected chi connectivity index (χ1v) is 9.70. The van der Waals surface area contributed by atoms with Gasteiger partial charge in [-0.05, 0) is 49.6 Å². The highest BCUT2D eigenvalue weighted by molar-refractivity contribution is 5.63. The fourth-order valence-corrected chi connectivity index (χ4v) is 3.64. The number of nitrogens with one attached hydrogen (secondary N) is 1. The van der Waals surface area contributed by atoms with Crippen molar-refractivity contribution in [3.05, 3.63) is 65.4 Å². The molecule has 3 aromatic rings. The molecule has 0 unspecified atom stereocenters. The number of benzene rings is 2. The third kappa shape index (κ3) is 3.91. The van der Waals surface area contributed by atoms with Gasteiger partial charge < -0.3 is 15.1 Å². The zero-order valence-corrected chi connectivity index (χ0v) is 16.7. The van der Waals surface area contributed by atoms with Crippen molar-refractivity contribution in [2.75, 3.05) is 41.3 Å². The highest BCUT2D eigenvalue weighted by atomic mass is 15.3. The summed E-state index contributed by atoms with van der Waals surface area (Å²) < 4.78 is 0. The van der Waals surface area contributed by atoms with Gasteiger partial charge in [0.05, 0.1) is 6.20 Å². The summed E-state index contributed by atoms with van der Waals surface area (Å²) in [5.41, 5.74) is 5.97. The van der Waals surface area contributed by atoms with Crippen LogP contribution in [0.1, 0.15) is 16.7 Å². The number of aryl methyl sites for hydroxylation is 3. The maximum atomic E-state index is 4.71. The van der Waals surface area contributed by atoms with E-state index in [2.05, 4.69) is 88.5 Å². The molecular weight excluding hydrogens is 348 g/mol. The zero-order valence-electron chi connectivity index (χ0n) is 16.7. The Balaban J connectivity index is 1.45. The van der Waals surface area contributed by atoms with Crippen molar-refractivity contribution < 1.29 is 0 Å². The Kier molecular flexibility index (Phi) is 5.10. The summed E-state index contributed by atoms with van der Waals surface area (Å²) >= 11 is 0. The van der Waals surface area contributed by atoms with Crippen LogP contribution < -0.4 is 15.1 Å². The van der Waals surface area contributed by atoms with E-state index in [1.165, 1.54) is 22.4 Å². The molecule has 2 aromatic carbocycles. The highest BCUT2D eigenvalue weighted by Crippen LogP contribution is 2.24. The summed E-state index contributed by atoms with van der Waals surface area (Å²) in [6.07, 6.45) is 1.75. The van der Waals surface area contributed by atoms with E-state index in [1.54, 1.807) is 6.20 Å². The van der Waals surface area contributed by atoms with Crippen LogP contribution in [0.4, 0.5) is 23.1 Å². The van der Waals surface area contributed by atoms with Gasteiger partial charge in [0.1, 0.15) is 0 Å². The van der Waals surface area contributed by atoms with Crippen molar-refractivity contribution in [1.29, 1.82) is 0 Å². The Morgan fingerprint density at radius 3 is 2.25 bits per heavy atom. The third-order valence-electron chi connectivity index (χ3n) is 5.23. The number of para-hydroxylation sites is 1. The zero-order chi connectivity index (χ0) is 19.5. The van der Waals surface area contributed by atoms with Gasteiger partial charge in [-0.2, -0.15) is 10.1 Å². The first-order valence-electron chi connectivity index (χ1n) is 9.70. The Bertz CT molecular complexity index is 942. The molecule has 4 rings (SSSR count). The van der Waals surface area contributed by atoms with Gasteiger partial charge in [-0.25, -0.2) is 0 Å². The van der Waals surface area contributed by atoms with Gasteiger partial charge in [0, 0.05) is 37.6 Å². The standard InChI is InChI=1S/C22H26N6/c1-16-6-4-9-19(14-16)27-10-12-28(13-11-27)20-15-23-26-22(24-20)25-21-17(2)7-5-8-18(21)3/h4-9,14-15H,10-13H2,1-3H3,(H,24,25,26). The van der Waals surface area contributed by atoms with Crippen molar-refractivity contribution in [2.45, 2.75) is 20.8 Å². The molecule has 144 valence electrons. The van der Waals surface area contributed by atoms with E-state index in [0.29, 0.717) is 5.95 Å². The molecule has 1 N–H and O–H groups in total. The minimum absolute atomic E-state index is 0.538. The second-order valence-corrected chi connectivity index (χ2v) is 7.34. The van der Waals surface area contributed by atoms with Crippen LogP contribution in [0.25, 0.3) is 0 Å². The smallest absolute Gasteiger partial charge is 0.249 e. The first-order chi connectivity index (χ1) is 13.6. The molecule has 2 heterocycles. The molecule has 1 aliphatic rings. The van der Waals surface area contributed by atoms with E-state index in [4.69, 9.17) is 4.98 Å². The molecule has 0 atom stereocenters. The number of nitrogens with zero attached hydrogens (tertiary/aromatic N) is 5. The van der Waals surface area contributed by atoms with Gasteiger partial charge in [0.15, 0.2) is 5.82 Å². The Labute approximate surface area is 166 Å². The van der Waals surface area contributed by atoms with E-state index >= 15 is 0 Å². The van der Waals surface area contributed by atoms with Crippen LogP contribution in [-0.4, -0.2) is 41.4 Å². The second-order valence-electron chi connectivity index (χ2n) is 7.34. The molecule has 1 fully saturated rings. The number of aromatic nitrogens is 3. The van der Waals surface area contributed by atoms with E-state index in [9.17, 15) is 0 Å². The summed E-state index contributed by atoms with van der Waals surface area (Å²) in [4.78, 5) is 9.41. The van der Waals surface area contributed by atoms with E-state index in [1.807, 2.05) is 0 Å². The third-order valence-corrected chi connectivity index (χ3v) is 5.23. The lowest BCUT2D eigenvalue weighted by Gasteiger charge is -2.36. The average Bonchev–Trinajstić information content (AvgIpc) is 2.71. The van der Waals surface area contributed by atoms with Gasteiger partial charge in [0.25, 0.3) is 0 Å². The Morgan fingerprint density at radius 2 is 1.54 bits per heavy atom. The van der Waals surface area contributed by atoms with Gasteiger partial charge >= 0.3 is 0 Å². The molecule has 0 aliphatic carbocycles. The van der Waals surface area contributed by atoms with Gasteiger partial charge in [-0.3, -0.25) is 0 Å². The molecular formula is C22H26N6. The summed E-state index contributed by atoms with van der Waals surface area (Å²) in [5, 5.41) is 11.7. The summed E-state index contributed by atoms with van der Waals surface area (Å²) in [6.45, 7) is 10.1. The Morgan fingerprint density at radius 1 is 0.857 bits per heavy atom. The van der Waals surface area contributed by atoms with Crippen LogP contribution in [0.2, 0.25) is 0 Å². The number of rotatable bonds is 4. The van der Waals surface area contributed by atoms with Crippen molar-refractivity contribution in [3.8, 4) is 0 Å². The SMILES string of the molecule is Cc1cccc(N2CCN(c3cnnc(Nc4c(C)cccc4C)n3)CC2)c1. The van der Waals surface area contributed by atoms with Crippen LogP contribution in [-0.2, 0) is 0 Å². The quantitative estimate of drug-likeness (QED) is 0.748. The molecule has 0 radical (unpaired) electrons. The normalized spacial score (nSPS) is 14.2. The van der Waals surface area contributed by atoms with Crippen LogP contribution in [0.15, 0.2) is 48.7 Å². The van der Waals surface area contributed by atoms with Crippen LogP contribution in [0.3, 0.4) is 0 Å². The van der Waals surface area contributed by atoms with Crippen molar-refractivity contribution in [1.82, 2.24) is 15.2 Å².